The van der Waals surface area contributed by atoms with Gasteiger partial charge in [-0.3, -0.25) is 0 Å². The summed E-state index contributed by atoms with van der Waals surface area (Å²) in [5, 5.41) is 7.41. The van der Waals surface area contributed by atoms with E-state index in [2.05, 4.69) is 32.0 Å². The number of nitrogens with one attached hydrogen (secondary N) is 1. The number of methoxy groups -OCH3 is 1. The van der Waals surface area contributed by atoms with Gasteiger partial charge >= 0.3 is 0 Å². The fourth-order valence-electron chi connectivity index (χ4n) is 1.04. The first-order valence-corrected chi connectivity index (χ1v) is 5.41. The molecule has 0 saturated carbocycles. The molecule has 2 nitrogen and oxygen atoms in total. The van der Waals surface area contributed by atoms with Crippen LogP contribution in [0.3, 0.4) is 0 Å². The van der Waals surface area contributed by atoms with Crippen LogP contribution in [0.1, 0.15) is 11.6 Å². The lowest BCUT2D eigenvalue weighted by Crippen LogP contribution is -2.20. The van der Waals surface area contributed by atoms with E-state index in [9.17, 15) is 0 Å². The summed E-state index contributed by atoms with van der Waals surface area (Å²) in [7, 11) is 3.65. The Morgan fingerprint density at radius 2 is 2.42 bits per heavy atom. The minimum Gasteiger partial charge on any atom is -0.383 e. The van der Waals surface area contributed by atoms with Gasteiger partial charge in [-0.2, -0.15) is 11.3 Å². The average Bonchev–Trinajstić information content (AvgIpc) is 2.47. The van der Waals surface area contributed by atoms with Crippen LogP contribution in [0.4, 0.5) is 0 Å². The molecule has 68 valence electrons. The summed E-state index contributed by atoms with van der Waals surface area (Å²) < 4.78 is 6.25. The summed E-state index contributed by atoms with van der Waals surface area (Å²) in [4.78, 5) is 0. The number of ether oxygens (including phenoxy) is 1. The van der Waals surface area contributed by atoms with Crippen molar-refractivity contribution in [1.29, 1.82) is 0 Å². The second kappa shape index (κ2) is 4.97. The van der Waals surface area contributed by atoms with Gasteiger partial charge in [-0.1, -0.05) is 0 Å². The van der Waals surface area contributed by atoms with E-state index in [1.165, 1.54) is 5.56 Å². The van der Waals surface area contributed by atoms with E-state index in [4.69, 9.17) is 4.74 Å². The standard InChI is InChI=1S/C8H12BrNOS/c1-10-8(3-11-2)6-4-12-5-7(6)9/h4-5,8,10H,3H2,1-2H3. The van der Waals surface area contributed by atoms with E-state index < -0.39 is 0 Å². The predicted octanol–water partition coefficient (Wildman–Crippen LogP) is 2.42. The highest BCUT2D eigenvalue weighted by Crippen LogP contribution is 2.27. The van der Waals surface area contributed by atoms with Gasteiger partial charge in [0, 0.05) is 17.0 Å². The maximum atomic E-state index is 5.09. The van der Waals surface area contributed by atoms with Gasteiger partial charge in [0.1, 0.15) is 0 Å². The number of hydrogen-bond acceptors (Lipinski definition) is 3. The molecular formula is C8H12BrNOS. The van der Waals surface area contributed by atoms with E-state index in [0.717, 1.165) is 4.47 Å². The first-order valence-electron chi connectivity index (χ1n) is 3.67. The van der Waals surface area contributed by atoms with Gasteiger partial charge in [0.25, 0.3) is 0 Å². The monoisotopic (exact) mass is 249 g/mol. The topological polar surface area (TPSA) is 21.3 Å². The number of thiophene rings is 1. The average molecular weight is 250 g/mol. The second-order valence-corrected chi connectivity index (χ2v) is 4.07. The van der Waals surface area contributed by atoms with Crippen molar-refractivity contribution in [3.8, 4) is 0 Å². The number of likely N-dealkylation sites (N-methyl/N-ethyl adjacent to an activating group) is 1. The minimum absolute atomic E-state index is 0.288. The number of rotatable bonds is 4. The zero-order chi connectivity index (χ0) is 8.97. The molecule has 1 atom stereocenters. The summed E-state index contributed by atoms with van der Waals surface area (Å²) in [6.45, 7) is 0.700. The van der Waals surface area contributed by atoms with Crippen LogP contribution in [0.2, 0.25) is 0 Å². The molecule has 0 saturated heterocycles. The normalized spacial score (nSPS) is 13.2. The minimum atomic E-state index is 0.288. The van der Waals surface area contributed by atoms with Gasteiger partial charge in [-0.15, -0.1) is 0 Å². The Balaban J connectivity index is 2.72. The lowest BCUT2D eigenvalue weighted by molar-refractivity contribution is 0.170. The van der Waals surface area contributed by atoms with Gasteiger partial charge in [0.2, 0.25) is 0 Å². The Bertz CT molecular complexity index is 239. The van der Waals surface area contributed by atoms with Crippen molar-refractivity contribution in [2.75, 3.05) is 20.8 Å². The van der Waals surface area contributed by atoms with Crippen molar-refractivity contribution >= 4 is 27.3 Å². The molecule has 1 aromatic heterocycles. The molecule has 1 aromatic rings. The molecule has 1 unspecified atom stereocenters. The Morgan fingerprint density at radius 1 is 1.67 bits per heavy atom. The lowest BCUT2D eigenvalue weighted by atomic mass is 10.2. The number of halogens is 1. The zero-order valence-electron chi connectivity index (χ0n) is 7.13. The third kappa shape index (κ3) is 2.29. The maximum absolute atomic E-state index is 5.09. The Kier molecular flexibility index (Phi) is 4.21. The van der Waals surface area contributed by atoms with Gasteiger partial charge in [0.05, 0.1) is 12.6 Å². The highest BCUT2D eigenvalue weighted by molar-refractivity contribution is 9.10. The Labute approximate surface area is 85.1 Å². The molecule has 0 aliphatic carbocycles. The molecule has 1 N–H and O–H groups in total. The quantitative estimate of drug-likeness (QED) is 0.886. The summed E-state index contributed by atoms with van der Waals surface area (Å²) in [5.41, 5.74) is 1.27. The first-order chi connectivity index (χ1) is 5.79. The molecule has 0 aliphatic heterocycles. The van der Waals surface area contributed by atoms with E-state index in [-0.39, 0.29) is 6.04 Å². The molecule has 1 rings (SSSR count). The van der Waals surface area contributed by atoms with Crippen LogP contribution in [0, 0.1) is 0 Å². The number of hydrogen-bond donors (Lipinski definition) is 1. The van der Waals surface area contributed by atoms with Crippen LogP contribution in [-0.4, -0.2) is 20.8 Å². The molecule has 0 bridgehead atoms. The molecule has 0 radical (unpaired) electrons. The van der Waals surface area contributed by atoms with Crippen LogP contribution < -0.4 is 5.32 Å². The highest BCUT2D eigenvalue weighted by atomic mass is 79.9. The summed E-state index contributed by atoms with van der Waals surface area (Å²) in [5.74, 6) is 0. The molecule has 1 heterocycles. The maximum Gasteiger partial charge on any atom is 0.0658 e. The van der Waals surface area contributed by atoms with Crippen LogP contribution in [-0.2, 0) is 4.74 Å². The third-order valence-electron chi connectivity index (χ3n) is 1.70. The Hall–Kier alpha value is 0.100. The van der Waals surface area contributed by atoms with Crippen molar-refractivity contribution in [3.63, 3.8) is 0 Å². The van der Waals surface area contributed by atoms with Crippen molar-refractivity contribution < 1.29 is 4.74 Å². The van der Waals surface area contributed by atoms with Gasteiger partial charge in [0.15, 0.2) is 0 Å². The summed E-state index contributed by atoms with van der Waals surface area (Å²) >= 11 is 5.19. The highest BCUT2D eigenvalue weighted by Gasteiger charge is 2.12. The smallest absolute Gasteiger partial charge is 0.0658 e. The van der Waals surface area contributed by atoms with Crippen molar-refractivity contribution in [3.05, 3.63) is 20.8 Å². The summed E-state index contributed by atoms with van der Waals surface area (Å²) in [6, 6.07) is 0.288. The van der Waals surface area contributed by atoms with E-state index in [1.54, 1.807) is 18.4 Å². The first kappa shape index (κ1) is 10.2. The van der Waals surface area contributed by atoms with Gasteiger partial charge < -0.3 is 10.1 Å². The van der Waals surface area contributed by atoms with Crippen molar-refractivity contribution in [1.82, 2.24) is 5.32 Å². The fourth-order valence-corrected chi connectivity index (χ4v) is 2.66. The van der Waals surface area contributed by atoms with E-state index in [1.807, 2.05) is 7.05 Å². The van der Waals surface area contributed by atoms with Crippen molar-refractivity contribution in [2.24, 2.45) is 0 Å². The molecule has 12 heavy (non-hydrogen) atoms. The Morgan fingerprint density at radius 3 is 2.83 bits per heavy atom. The van der Waals surface area contributed by atoms with Crippen LogP contribution in [0.25, 0.3) is 0 Å². The van der Waals surface area contributed by atoms with Gasteiger partial charge in [-0.25, -0.2) is 0 Å². The fraction of sp³-hybridized carbons (Fsp3) is 0.500. The van der Waals surface area contributed by atoms with Crippen molar-refractivity contribution in [2.45, 2.75) is 6.04 Å². The van der Waals surface area contributed by atoms with Crippen LogP contribution in [0.15, 0.2) is 15.2 Å². The predicted molar refractivity (Wildman–Crippen MR) is 55.7 cm³/mol. The van der Waals surface area contributed by atoms with E-state index >= 15 is 0 Å². The molecule has 4 heteroatoms. The largest absolute Gasteiger partial charge is 0.383 e. The van der Waals surface area contributed by atoms with Crippen LogP contribution in [0.5, 0.6) is 0 Å². The van der Waals surface area contributed by atoms with Crippen LogP contribution >= 0.6 is 27.3 Å². The zero-order valence-corrected chi connectivity index (χ0v) is 9.54. The second-order valence-electron chi connectivity index (χ2n) is 2.47. The molecule has 0 aliphatic rings. The molecule has 0 aromatic carbocycles. The third-order valence-corrected chi connectivity index (χ3v) is 3.45. The van der Waals surface area contributed by atoms with Gasteiger partial charge in [-0.05, 0) is 33.9 Å². The lowest BCUT2D eigenvalue weighted by Gasteiger charge is -2.14. The molecule has 0 fully saturated rings. The summed E-state index contributed by atoms with van der Waals surface area (Å²) in [6.07, 6.45) is 0. The molecular weight excluding hydrogens is 238 g/mol. The molecule has 0 spiro atoms. The molecule has 0 amide bonds. The SMILES string of the molecule is CNC(COC)c1cscc1Br. The van der Waals surface area contributed by atoms with E-state index in [0.29, 0.717) is 6.61 Å².